The van der Waals surface area contributed by atoms with Gasteiger partial charge in [-0.15, -0.1) is 0 Å². The van der Waals surface area contributed by atoms with Gasteiger partial charge in [0.15, 0.2) is 0 Å². The second-order valence-electron chi connectivity index (χ2n) is 3.72. The zero-order valence-corrected chi connectivity index (χ0v) is 8.81. The fourth-order valence-electron chi connectivity index (χ4n) is 1.37. The summed E-state index contributed by atoms with van der Waals surface area (Å²) < 4.78 is 15.6. The number of hydrogen-bond donors (Lipinski definition) is 0. The van der Waals surface area contributed by atoms with Crippen LogP contribution in [0.1, 0.15) is 25.7 Å². The molecule has 5 nitrogen and oxygen atoms in total. The summed E-state index contributed by atoms with van der Waals surface area (Å²) in [6, 6.07) is 0. The third kappa shape index (κ3) is 4.48. The van der Waals surface area contributed by atoms with Crippen LogP contribution in [0.3, 0.4) is 0 Å². The van der Waals surface area contributed by atoms with Crippen molar-refractivity contribution < 1.29 is 19.0 Å². The van der Waals surface area contributed by atoms with E-state index in [2.05, 4.69) is 5.16 Å². The van der Waals surface area contributed by atoms with E-state index in [1.54, 1.807) is 0 Å². The van der Waals surface area contributed by atoms with E-state index in [4.69, 9.17) is 19.0 Å². The van der Waals surface area contributed by atoms with E-state index in [-0.39, 0.29) is 6.79 Å². The highest BCUT2D eigenvalue weighted by Crippen LogP contribution is 2.10. The highest BCUT2D eigenvalue weighted by Gasteiger charge is 2.21. The van der Waals surface area contributed by atoms with Crippen LogP contribution < -0.4 is 0 Å². The predicted octanol–water partition coefficient (Wildman–Crippen LogP) is 1.28. The molecule has 1 unspecified atom stereocenters. The molecule has 1 atom stereocenters. The monoisotopic (exact) mass is 215 g/mol. The lowest BCUT2D eigenvalue weighted by molar-refractivity contribution is 0.0575. The van der Waals surface area contributed by atoms with Crippen LogP contribution in [0.15, 0.2) is 5.16 Å². The molecule has 0 spiro atoms. The first-order valence-electron chi connectivity index (χ1n) is 5.46. The van der Waals surface area contributed by atoms with Crippen molar-refractivity contribution in [1.29, 1.82) is 0 Å². The molecule has 0 bridgehead atoms. The molecule has 0 saturated carbocycles. The molecule has 2 aliphatic heterocycles. The molecule has 0 amide bonds. The van der Waals surface area contributed by atoms with Gasteiger partial charge in [0.25, 0.3) is 6.79 Å². The van der Waals surface area contributed by atoms with Gasteiger partial charge in [-0.05, 0) is 18.0 Å². The maximum absolute atomic E-state index is 5.42. The zero-order valence-electron chi connectivity index (χ0n) is 8.81. The van der Waals surface area contributed by atoms with Gasteiger partial charge >= 0.3 is 0 Å². The van der Waals surface area contributed by atoms with Crippen LogP contribution in [0.2, 0.25) is 0 Å². The Labute approximate surface area is 89.3 Å². The molecule has 2 heterocycles. The lowest BCUT2D eigenvalue weighted by atomic mass is 10.2. The number of oxime groups is 1. The first kappa shape index (κ1) is 10.7. The molecule has 0 N–H and O–H groups in total. The fourth-order valence-corrected chi connectivity index (χ4v) is 1.37. The Hall–Kier alpha value is -0.810. The molecule has 2 aliphatic rings. The highest BCUT2D eigenvalue weighted by atomic mass is 16.8. The molecule has 2 rings (SSSR count). The van der Waals surface area contributed by atoms with Gasteiger partial charge in [-0.25, -0.2) is 0 Å². The van der Waals surface area contributed by atoms with Crippen molar-refractivity contribution in [2.75, 3.05) is 26.6 Å². The Morgan fingerprint density at radius 2 is 2.27 bits per heavy atom. The Morgan fingerprint density at radius 3 is 3.00 bits per heavy atom. The molecule has 0 aromatic rings. The van der Waals surface area contributed by atoms with Gasteiger partial charge in [0, 0.05) is 13.0 Å². The average Bonchev–Trinajstić information content (AvgIpc) is 2.92. The summed E-state index contributed by atoms with van der Waals surface area (Å²) in [5.74, 6) is 0.724. The summed E-state index contributed by atoms with van der Waals surface area (Å²) in [5.41, 5.74) is 0. The van der Waals surface area contributed by atoms with E-state index in [1.165, 1.54) is 0 Å². The van der Waals surface area contributed by atoms with Gasteiger partial charge in [-0.1, -0.05) is 6.42 Å². The second-order valence-corrected chi connectivity index (χ2v) is 3.72. The second kappa shape index (κ2) is 5.92. The zero-order chi connectivity index (χ0) is 10.3. The van der Waals surface area contributed by atoms with Crippen molar-refractivity contribution in [1.82, 2.24) is 0 Å². The molecule has 15 heavy (non-hydrogen) atoms. The van der Waals surface area contributed by atoms with Gasteiger partial charge in [-0.2, -0.15) is 0 Å². The predicted molar refractivity (Wildman–Crippen MR) is 53.5 cm³/mol. The molecular formula is C10H17NO4. The van der Waals surface area contributed by atoms with E-state index in [0.717, 1.165) is 51.4 Å². The maximum Gasteiger partial charge on any atom is 0.257 e. The van der Waals surface area contributed by atoms with Crippen molar-refractivity contribution in [2.24, 2.45) is 5.16 Å². The van der Waals surface area contributed by atoms with E-state index in [9.17, 15) is 0 Å². The number of hydrogen-bond acceptors (Lipinski definition) is 5. The van der Waals surface area contributed by atoms with E-state index in [1.807, 2.05) is 0 Å². The largest absolute Gasteiger partial charge is 0.439 e. The van der Waals surface area contributed by atoms with E-state index < -0.39 is 0 Å². The number of unbranched alkanes of at least 4 members (excludes halogenated alkanes) is 2. The summed E-state index contributed by atoms with van der Waals surface area (Å²) in [7, 11) is 0. The van der Waals surface area contributed by atoms with Gasteiger partial charge in [0.2, 0.25) is 5.90 Å². The van der Waals surface area contributed by atoms with Crippen molar-refractivity contribution in [3.05, 3.63) is 0 Å². The minimum atomic E-state index is 0.278. The van der Waals surface area contributed by atoms with Crippen molar-refractivity contribution in [3.8, 4) is 0 Å². The van der Waals surface area contributed by atoms with Gasteiger partial charge in [-0.3, -0.25) is 0 Å². The first-order chi connectivity index (χ1) is 7.45. The van der Waals surface area contributed by atoms with Gasteiger partial charge in [0.05, 0.1) is 13.2 Å². The Balaban J connectivity index is 1.35. The summed E-state index contributed by atoms with van der Waals surface area (Å²) in [5, 5.41) is 3.75. The fraction of sp³-hybridized carbons (Fsp3) is 0.900. The van der Waals surface area contributed by atoms with E-state index in [0.29, 0.717) is 6.10 Å². The quantitative estimate of drug-likeness (QED) is 0.452. The highest BCUT2D eigenvalue weighted by molar-refractivity contribution is 5.75. The molecule has 0 aliphatic carbocycles. The number of nitrogens with zero attached hydrogens (tertiary/aromatic N) is 1. The van der Waals surface area contributed by atoms with Gasteiger partial charge in [0.1, 0.15) is 6.10 Å². The maximum atomic E-state index is 5.42. The van der Waals surface area contributed by atoms with Crippen LogP contribution in [0.4, 0.5) is 0 Å². The van der Waals surface area contributed by atoms with Crippen LogP contribution in [0.5, 0.6) is 0 Å². The lowest BCUT2D eigenvalue weighted by Gasteiger charge is -2.01. The number of ether oxygens (including phenoxy) is 3. The van der Waals surface area contributed by atoms with Crippen LogP contribution in [0, 0.1) is 0 Å². The first-order valence-corrected chi connectivity index (χ1v) is 5.46. The lowest BCUT2D eigenvalue weighted by Crippen LogP contribution is -2.03. The summed E-state index contributed by atoms with van der Waals surface area (Å²) in [6.45, 7) is 2.73. The molecule has 1 saturated heterocycles. The Kier molecular flexibility index (Phi) is 4.23. The van der Waals surface area contributed by atoms with Crippen molar-refractivity contribution in [3.63, 3.8) is 0 Å². The topological polar surface area (TPSA) is 52.6 Å². The van der Waals surface area contributed by atoms with Crippen molar-refractivity contribution in [2.45, 2.75) is 31.8 Å². The number of epoxide rings is 1. The van der Waals surface area contributed by atoms with E-state index >= 15 is 0 Å². The molecule has 0 radical (unpaired) electrons. The standard InChI is InChI=1S/C10H17NO4/c1(2-4-10-11-15-8-14-10)3-5-12-6-9-7-13-9/h9H,1-8H2. The molecule has 0 aromatic carbocycles. The van der Waals surface area contributed by atoms with Crippen LogP contribution in [-0.2, 0) is 19.0 Å². The molecular weight excluding hydrogens is 198 g/mol. The summed E-state index contributed by atoms with van der Waals surface area (Å²) >= 11 is 0. The molecule has 5 heteroatoms. The summed E-state index contributed by atoms with van der Waals surface area (Å²) in [4.78, 5) is 4.71. The summed E-state index contributed by atoms with van der Waals surface area (Å²) in [6.07, 6.45) is 4.54. The third-order valence-corrected chi connectivity index (χ3v) is 2.33. The van der Waals surface area contributed by atoms with Crippen LogP contribution in [0.25, 0.3) is 0 Å². The Morgan fingerprint density at radius 1 is 1.33 bits per heavy atom. The molecule has 1 fully saturated rings. The van der Waals surface area contributed by atoms with Crippen LogP contribution >= 0.6 is 0 Å². The minimum Gasteiger partial charge on any atom is -0.439 e. The SMILES string of the molecule is C(CCOCC1CO1)CCC1=NOCO1. The minimum absolute atomic E-state index is 0.278. The smallest absolute Gasteiger partial charge is 0.257 e. The van der Waals surface area contributed by atoms with Crippen LogP contribution in [-0.4, -0.2) is 38.6 Å². The Bertz CT molecular complexity index is 215. The third-order valence-electron chi connectivity index (χ3n) is 2.33. The van der Waals surface area contributed by atoms with Crippen molar-refractivity contribution >= 4 is 5.90 Å². The average molecular weight is 215 g/mol. The number of rotatable bonds is 8. The molecule has 86 valence electrons. The molecule has 0 aromatic heterocycles. The van der Waals surface area contributed by atoms with Gasteiger partial charge < -0.3 is 19.0 Å². The normalized spacial score (nSPS) is 23.2.